The lowest BCUT2D eigenvalue weighted by atomic mass is 9.99. The van der Waals surface area contributed by atoms with Crippen molar-refractivity contribution in [2.75, 3.05) is 30.1 Å². The highest BCUT2D eigenvalue weighted by atomic mass is 32.2. The van der Waals surface area contributed by atoms with Crippen molar-refractivity contribution in [1.82, 2.24) is 0 Å². The van der Waals surface area contributed by atoms with Gasteiger partial charge in [-0.2, -0.15) is 26.3 Å². The van der Waals surface area contributed by atoms with Crippen molar-refractivity contribution >= 4 is 28.1 Å². The molecule has 0 aliphatic carbocycles. The van der Waals surface area contributed by atoms with E-state index in [1.54, 1.807) is 0 Å². The summed E-state index contributed by atoms with van der Waals surface area (Å²) in [5, 5.41) is 2.39. The molecule has 3 rings (SSSR count). The highest BCUT2D eigenvalue weighted by Crippen LogP contribution is 2.47. The number of ether oxygens (including phenoxy) is 2. The number of hydrogen-bond acceptors (Lipinski definition) is 5. The lowest BCUT2D eigenvalue weighted by molar-refractivity contribution is -0.261. The molecule has 192 valence electrons. The molecule has 0 bridgehead atoms. The molecular weight excluding hydrogens is 509 g/mol. The van der Waals surface area contributed by atoms with E-state index >= 15 is 0 Å². The number of rotatable bonds is 7. The topological polar surface area (TPSA) is 67.9 Å². The van der Waals surface area contributed by atoms with E-state index in [1.165, 1.54) is 30.5 Å². The summed E-state index contributed by atoms with van der Waals surface area (Å²) < 4.78 is 116. The normalized spacial score (nSPS) is 21.3. The van der Waals surface area contributed by atoms with Gasteiger partial charge in [-0.05, 0) is 24.3 Å². The number of carbonyl (C=O) groups is 1. The summed E-state index contributed by atoms with van der Waals surface area (Å²) in [5.74, 6) is -5.81. The van der Waals surface area contributed by atoms with Crippen LogP contribution in [0.4, 0.5) is 42.1 Å². The Morgan fingerprint density at radius 3 is 2.49 bits per heavy atom. The van der Waals surface area contributed by atoms with Gasteiger partial charge in [0.2, 0.25) is 11.7 Å². The lowest BCUT2D eigenvalue weighted by Crippen LogP contribution is -2.49. The maximum Gasteiger partial charge on any atom is 0.419 e. The summed E-state index contributed by atoms with van der Waals surface area (Å²) in [4.78, 5) is 14.1. The molecule has 3 atom stereocenters. The van der Waals surface area contributed by atoms with Gasteiger partial charge in [-0.25, -0.2) is 4.39 Å². The van der Waals surface area contributed by atoms with Crippen LogP contribution in [-0.2, 0) is 24.5 Å². The van der Waals surface area contributed by atoms with Gasteiger partial charge in [-0.15, -0.1) is 4.21 Å². The summed E-state index contributed by atoms with van der Waals surface area (Å²) >= 11 is 0. The number of alkyl halides is 5. The molecule has 2 aromatic rings. The molecule has 6 nitrogen and oxygen atoms in total. The quantitative estimate of drug-likeness (QED) is 0.327. The molecule has 0 saturated carbocycles. The van der Waals surface area contributed by atoms with Crippen LogP contribution in [0, 0.1) is 11.6 Å². The summed E-state index contributed by atoms with van der Waals surface area (Å²) in [6.45, 7) is -4.73. The molecule has 1 fully saturated rings. The second-order valence-electron chi connectivity index (χ2n) is 7.67. The first-order chi connectivity index (χ1) is 16.3. The molecule has 3 unspecified atom stereocenters. The van der Waals surface area contributed by atoms with Gasteiger partial charge in [0.25, 0.3) is 0 Å². The van der Waals surface area contributed by atoms with Gasteiger partial charge in [0.1, 0.15) is 23.1 Å². The average molecular weight is 529 g/mol. The van der Waals surface area contributed by atoms with Crippen molar-refractivity contribution < 1.29 is 49.2 Å². The van der Waals surface area contributed by atoms with E-state index < -0.39 is 77.2 Å². The third-order valence-electron chi connectivity index (χ3n) is 5.56. The Kier molecular flexibility index (Phi) is 7.65. The van der Waals surface area contributed by atoms with Crippen molar-refractivity contribution in [3.8, 4) is 5.75 Å². The van der Waals surface area contributed by atoms with E-state index in [-0.39, 0.29) is 5.69 Å². The Morgan fingerprint density at radius 2 is 1.91 bits per heavy atom. The molecular formula is C21H20F7N2O4S+. The molecule has 0 aromatic heterocycles. The smallest absolute Gasteiger partial charge is 0.419 e. The molecule has 1 N–H and O–H groups in total. The molecule has 1 aliphatic rings. The fourth-order valence-corrected chi connectivity index (χ4v) is 4.40. The number of nitrogens with zero attached hydrogens (tertiary/aromatic N) is 1. The van der Waals surface area contributed by atoms with Crippen LogP contribution in [-0.4, -0.2) is 50.2 Å². The Morgan fingerprint density at radius 1 is 1.23 bits per heavy atom. The van der Waals surface area contributed by atoms with Crippen LogP contribution >= 0.6 is 0 Å². The zero-order valence-corrected chi connectivity index (χ0v) is 19.1. The van der Waals surface area contributed by atoms with Crippen LogP contribution in [0.25, 0.3) is 0 Å². The van der Waals surface area contributed by atoms with E-state index in [2.05, 4.69) is 10.1 Å². The van der Waals surface area contributed by atoms with Gasteiger partial charge >= 0.3 is 12.8 Å². The van der Waals surface area contributed by atoms with Crippen molar-refractivity contribution in [1.29, 1.82) is 0 Å². The zero-order valence-electron chi connectivity index (χ0n) is 18.2. The number of carbonyl (C=O) groups excluding carboxylic acids is 1. The van der Waals surface area contributed by atoms with Crippen LogP contribution in [0.15, 0.2) is 41.3 Å². The SMILES string of the molecule is COC1(C(F)(F)F)CC(C(=O)Nc2cccc([SH+](C)=O)c2)N(c2ccc(F)c(F)c2OC(F)F)C1. The third kappa shape index (κ3) is 5.37. The maximum atomic E-state index is 14.3. The first-order valence-electron chi connectivity index (χ1n) is 9.93. The molecule has 1 saturated heterocycles. The molecule has 14 heteroatoms. The Balaban J connectivity index is 2.08. The first-order valence-corrected chi connectivity index (χ1v) is 11.6. The molecule has 35 heavy (non-hydrogen) atoms. The van der Waals surface area contributed by atoms with Crippen LogP contribution in [0.1, 0.15) is 6.42 Å². The van der Waals surface area contributed by atoms with Gasteiger partial charge in [0.05, 0.1) is 12.2 Å². The minimum atomic E-state index is -5.02. The van der Waals surface area contributed by atoms with E-state index in [9.17, 15) is 39.7 Å². The predicted molar refractivity (Wildman–Crippen MR) is 113 cm³/mol. The van der Waals surface area contributed by atoms with Gasteiger partial charge in [-0.1, -0.05) is 6.07 Å². The number of hydrogen-bond donors (Lipinski definition) is 1. The largest absolute Gasteiger partial charge is 0.429 e. The summed E-state index contributed by atoms with van der Waals surface area (Å²) in [5.41, 5.74) is -3.52. The van der Waals surface area contributed by atoms with Crippen molar-refractivity contribution in [2.45, 2.75) is 35.7 Å². The Hall–Kier alpha value is -2.87. The minimum Gasteiger partial charge on any atom is -0.429 e. The highest BCUT2D eigenvalue weighted by molar-refractivity contribution is 7.84. The Bertz CT molecular complexity index is 1130. The van der Waals surface area contributed by atoms with Crippen LogP contribution < -0.4 is 15.0 Å². The second-order valence-corrected chi connectivity index (χ2v) is 9.18. The molecule has 1 heterocycles. The number of nitrogens with one attached hydrogen (secondary N) is 1. The number of methoxy groups -OCH3 is 1. The Labute approximate surface area is 197 Å². The first kappa shape index (κ1) is 26.7. The van der Waals surface area contributed by atoms with Gasteiger partial charge < -0.3 is 19.7 Å². The highest BCUT2D eigenvalue weighted by Gasteiger charge is 2.63. The molecule has 0 spiro atoms. The van der Waals surface area contributed by atoms with Gasteiger partial charge in [0.15, 0.2) is 22.1 Å². The summed E-state index contributed by atoms with van der Waals surface area (Å²) in [7, 11) is -1.03. The van der Waals surface area contributed by atoms with E-state index in [0.717, 1.165) is 13.2 Å². The third-order valence-corrected chi connectivity index (χ3v) is 6.56. The zero-order chi connectivity index (χ0) is 26.1. The van der Waals surface area contributed by atoms with Crippen molar-refractivity contribution in [3.63, 3.8) is 0 Å². The molecule has 1 aliphatic heterocycles. The van der Waals surface area contributed by atoms with Crippen LogP contribution in [0.3, 0.4) is 0 Å². The van der Waals surface area contributed by atoms with Crippen LogP contribution in [0.5, 0.6) is 5.75 Å². The van der Waals surface area contributed by atoms with Crippen LogP contribution in [0.2, 0.25) is 0 Å². The summed E-state index contributed by atoms with van der Waals surface area (Å²) in [6, 6.07) is 5.26. The number of thiol groups is 1. The summed E-state index contributed by atoms with van der Waals surface area (Å²) in [6.07, 6.45) is -4.59. The second kappa shape index (κ2) is 10.0. The van der Waals surface area contributed by atoms with Crippen molar-refractivity contribution in [2.24, 2.45) is 0 Å². The monoisotopic (exact) mass is 529 g/mol. The van der Waals surface area contributed by atoms with Crippen molar-refractivity contribution in [3.05, 3.63) is 48.0 Å². The number of anilines is 2. The number of amides is 1. The number of benzene rings is 2. The lowest BCUT2D eigenvalue weighted by Gasteiger charge is -2.31. The fourth-order valence-electron chi connectivity index (χ4n) is 3.78. The fraction of sp³-hybridized carbons (Fsp3) is 0.381. The number of halogens is 7. The van der Waals surface area contributed by atoms with Gasteiger partial charge in [-0.3, -0.25) is 4.79 Å². The van der Waals surface area contributed by atoms with E-state index in [0.29, 0.717) is 15.9 Å². The predicted octanol–water partition coefficient (Wildman–Crippen LogP) is 4.42. The van der Waals surface area contributed by atoms with E-state index in [4.69, 9.17) is 4.74 Å². The standard InChI is InChI=1S/C21H19F7N2O4S/c1-33-20(21(26,27)28)9-15(18(31)29-11-4-3-5-12(8-11)35(2)32)30(10-20)14-7-6-13(22)16(23)17(14)34-19(24)25/h3-8,15,19H,9-10H2,1-2H3,(H,29,31)/p+1. The molecule has 2 aromatic carbocycles. The van der Waals surface area contributed by atoms with E-state index in [1.807, 2.05) is 0 Å². The minimum absolute atomic E-state index is 0.105. The maximum absolute atomic E-state index is 14.3. The molecule has 0 radical (unpaired) electrons. The van der Waals surface area contributed by atoms with Gasteiger partial charge in [0, 0.05) is 25.3 Å². The average Bonchev–Trinajstić information content (AvgIpc) is 3.18. The molecule has 1 amide bonds.